The number of aliphatic hydroxyl groups is 2. The van der Waals surface area contributed by atoms with E-state index >= 15 is 0 Å². The summed E-state index contributed by atoms with van der Waals surface area (Å²) >= 11 is 0. The van der Waals surface area contributed by atoms with Crippen LogP contribution >= 0.6 is 0 Å². The van der Waals surface area contributed by atoms with Crippen molar-refractivity contribution in [2.24, 2.45) is 5.92 Å². The van der Waals surface area contributed by atoms with Crippen LogP contribution in [0.2, 0.25) is 0 Å². The van der Waals surface area contributed by atoms with Crippen LogP contribution in [0.25, 0.3) is 0 Å². The highest BCUT2D eigenvalue weighted by Crippen LogP contribution is 2.29. The minimum absolute atomic E-state index is 0.0130. The smallest absolute Gasteiger partial charge is 0.0669 e. The summed E-state index contributed by atoms with van der Waals surface area (Å²) in [6.45, 7) is 7.95. The molecule has 0 aliphatic heterocycles. The Hall–Kier alpha value is -0.0800. The highest BCUT2D eigenvalue weighted by Gasteiger charge is 2.33. The first-order valence-corrected chi connectivity index (χ1v) is 5.90. The van der Waals surface area contributed by atoms with Crippen molar-refractivity contribution >= 4 is 0 Å². The minimum atomic E-state index is -0.720. The first kappa shape index (κ1) is 13.9. The average Bonchev–Trinajstić information content (AvgIpc) is 2.15. The van der Waals surface area contributed by atoms with Gasteiger partial charge in [-0.3, -0.25) is 0 Å². The average molecular weight is 202 g/mol. The van der Waals surface area contributed by atoms with Gasteiger partial charge in [0.05, 0.1) is 11.7 Å². The summed E-state index contributed by atoms with van der Waals surface area (Å²) in [4.78, 5) is 0. The van der Waals surface area contributed by atoms with Gasteiger partial charge in [-0.1, -0.05) is 33.6 Å². The fourth-order valence-corrected chi connectivity index (χ4v) is 2.00. The van der Waals surface area contributed by atoms with Gasteiger partial charge in [-0.05, 0) is 26.2 Å². The molecule has 0 aromatic rings. The van der Waals surface area contributed by atoms with Crippen LogP contribution in [-0.2, 0) is 0 Å². The molecule has 0 saturated carbocycles. The summed E-state index contributed by atoms with van der Waals surface area (Å²) in [7, 11) is 0. The predicted molar refractivity (Wildman–Crippen MR) is 60.2 cm³/mol. The van der Waals surface area contributed by atoms with E-state index in [2.05, 4.69) is 6.92 Å². The molecule has 0 aromatic heterocycles. The lowest BCUT2D eigenvalue weighted by Gasteiger charge is -2.34. The lowest BCUT2D eigenvalue weighted by Crippen LogP contribution is -2.41. The van der Waals surface area contributed by atoms with Gasteiger partial charge in [0.25, 0.3) is 0 Å². The van der Waals surface area contributed by atoms with Crippen LogP contribution in [0.5, 0.6) is 0 Å². The molecule has 3 atom stereocenters. The van der Waals surface area contributed by atoms with Crippen LogP contribution in [0.3, 0.4) is 0 Å². The van der Waals surface area contributed by atoms with Gasteiger partial charge < -0.3 is 10.2 Å². The number of rotatable bonds is 7. The summed E-state index contributed by atoms with van der Waals surface area (Å²) in [6.07, 6.45) is 4.14. The second-order valence-electron chi connectivity index (χ2n) is 4.44. The molecular weight excluding hydrogens is 176 g/mol. The Labute approximate surface area is 88.3 Å². The van der Waals surface area contributed by atoms with E-state index in [1.54, 1.807) is 0 Å². The lowest BCUT2D eigenvalue weighted by molar-refractivity contribution is -0.0656. The molecule has 0 aliphatic carbocycles. The van der Waals surface area contributed by atoms with Crippen molar-refractivity contribution in [1.82, 2.24) is 0 Å². The second kappa shape index (κ2) is 6.41. The molecule has 2 heteroatoms. The van der Waals surface area contributed by atoms with Gasteiger partial charge in [0.15, 0.2) is 0 Å². The molecule has 0 bridgehead atoms. The zero-order valence-corrected chi connectivity index (χ0v) is 10.1. The Balaban J connectivity index is 4.24. The normalized spacial score (nSPS) is 20.1. The Morgan fingerprint density at radius 2 is 1.79 bits per heavy atom. The van der Waals surface area contributed by atoms with Gasteiger partial charge in [0.2, 0.25) is 0 Å². The number of aliphatic hydroxyl groups excluding tert-OH is 1. The molecule has 14 heavy (non-hydrogen) atoms. The van der Waals surface area contributed by atoms with Crippen LogP contribution in [0, 0.1) is 5.92 Å². The summed E-state index contributed by atoms with van der Waals surface area (Å²) < 4.78 is 0. The van der Waals surface area contributed by atoms with E-state index in [-0.39, 0.29) is 12.0 Å². The van der Waals surface area contributed by atoms with E-state index in [1.807, 2.05) is 20.8 Å². The highest BCUT2D eigenvalue weighted by molar-refractivity contribution is 4.84. The molecule has 0 saturated heterocycles. The van der Waals surface area contributed by atoms with Crippen LogP contribution in [0.15, 0.2) is 0 Å². The fraction of sp³-hybridized carbons (Fsp3) is 1.00. The first-order valence-electron chi connectivity index (χ1n) is 5.90. The van der Waals surface area contributed by atoms with Crippen molar-refractivity contribution in [1.29, 1.82) is 0 Å². The predicted octanol–water partition coefficient (Wildman–Crippen LogP) is 2.72. The summed E-state index contributed by atoms with van der Waals surface area (Å²) in [6, 6.07) is 0. The number of hydrogen-bond acceptors (Lipinski definition) is 2. The van der Waals surface area contributed by atoms with Crippen molar-refractivity contribution < 1.29 is 10.2 Å². The molecule has 0 amide bonds. The van der Waals surface area contributed by atoms with Crippen LogP contribution in [0.4, 0.5) is 0 Å². The zero-order valence-electron chi connectivity index (χ0n) is 10.1. The fourth-order valence-electron chi connectivity index (χ4n) is 2.00. The van der Waals surface area contributed by atoms with E-state index < -0.39 is 5.60 Å². The van der Waals surface area contributed by atoms with E-state index in [0.717, 1.165) is 25.7 Å². The lowest BCUT2D eigenvalue weighted by atomic mass is 9.79. The van der Waals surface area contributed by atoms with Gasteiger partial charge in [-0.25, -0.2) is 0 Å². The molecule has 0 fully saturated rings. The van der Waals surface area contributed by atoms with E-state index in [4.69, 9.17) is 0 Å². The number of hydrogen-bond donors (Lipinski definition) is 2. The Morgan fingerprint density at radius 3 is 2.14 bits per heavy atom. The SMILES string of the molecule is CCCCC(O)C(CC)C(C)(O)CC. The van der Waals surface area contributed by atoms with Gasteiger partial charge in [-0.15, -0.1) is 0 Å². The maximum Gasteiger partial charge on any atom is 0.0669 e. The molecule has 0 aromatic carbocycles. The molecule has 0 rings (SSSR count). The standard InChI is InChI=1S/C12H26O2/c1-5-8-9-11(13)10(6-2)12(4,14)7-3/h10-11,13-14H,5-9H2,1-4H3. The van der Waals surface area contributed by atoms with E-state index in [1.165, 1.54) is 0 Å². The van der Waals surface area contributed by atoms with Crippen molar-refractivity contribution in [3.8, 4) is 0 Å². The third kappa shape index (κ3) is 3.97. The van der Waals surface area contributed by atoms with Crippen molar-refractivity contribution in [3.63, 3.8) is 0 Å². The van der Waals surface area contributed by atoms with Crippen molar-refractivity contribution in [3.05, 3.63) is 0 Å². The minimum Gasteiger partial charge on any atom is -0.393 e. The van der Waals surface area contributed by atoms with Gasteiger partial charge >= 0.3 is 0 Å². The molecule has 0 radical (unpaired) electrons. The zero-order chi connectivity index (χ0) is 11.2. The molecule has 86 valence electrons. The van der Waals surface area contributed by atoms with Gasteiger partial charge in [-0.2, -0.15) is 0 Å². The molecule has 3 unspecified atom stereocenters. The largest absolute Gasteiger partial charge is 0.393 e. The van der Waals surface area contributed by atoms with Crippen LogP contribution < -0.4 is 0 Å². The second-order valence-corrected chi connectivity index (χ2v) is 4.44. The third-order valence-electron chi connectivity index (χ3n) is 3.27. The number of unbranched alkanes of at least 4 members (excludes halogenated alkanes) is 1. The summed E-state index contributed by atoms with van der Waals surface area (Å²) in [5.74, 6) is 0.0130. The van der Waals surface area contributed by atoms with Crippen molar-refractivity contribution in [2.75, 3.05) is 0 Å². The van der Waals surface area contributed by atoms with E-state index in [0.29, 0.717) is 6.42 Å². The maximum atomic E-state index is 10.1. The monoisotopic (exact) mass is 202 g/mol. The molecule has 0 heterocycles. The molecule has 0 spiro atoms. The summed E-state index contributed by atoms with van der Waals surface area (Å²) in [5.41, 5.74) is -0.720. The van der Waals surface area contributed by atoms with Crippen LogP contribution in [-0.4, -0.2) is 21.9 Å². The molecule has 0 aliphatic rings. The Morgan fingerprint density at radius 1 is 1.21 bits per heavy atom. The highest BCUT2D eigenvalue weighted by atomic mass is 16.3. The Bertz CT molecular complexity index is 143. The molecular formula is C12H26O2. The van der Waals surface area contributed by atoms with Crippen LogP contribution in [0.1, 0.15) is 59.8 Å². The van der Waals surface area contributed by atoms with Gasteiger partial charge in [0, 0.05) is 5.92 Å². The van der Waals surface area contributed by atoms with Crippen molar-refractivity contribution in [2.45, 2.75) is 71.5 Å². The molecule has 2 N–H and O–H groups in total. The maximum absolute atomic E-state index is 10.1. The first-order chi connectivity index (χ1) is 6.49. The Kier molecular flexibility index (Phi) is 6.38. The van der Waals surface area contributed by atoms with Gasteiger partial charge in [0.1, 0.15) is 0 Å². The third-order valence-corrected chi connectivity index (χ3v) is 3.27. The van der Waals surface area contributed by atoms with E-state index in [9.17, 15) is 10.2 Å². The molecule has 2 nitrogen and oxygen atoms in total. The topological polar surface area (TPSA) is 40.5 Å². The summed E-state index contributed by atoms with van der Waals surface area (Å²) in [5, 5.41) is 20.0. The quantitative estimate of drug-likeness (QED) is 0.666.